The van der Waals surface area contributed by atoms with E-state index in [1.165, 1.54) is 0 Å². The van der Waals surface area contributed by atoms with Crippen LogP contribution >= 0.6 is 0 Å². The van der Waals surface area contributed by atoms with E-state index in [9.17, 15) is 14.7 Å². The molecule has 0 aliphatic heterocycles. The van der Waals surface area contributed by atoms with Gasteiger partial charge >= 0.3 is 12.1 Å². The summed E-state index contributed by atoms with van der Waals surface area (Å²) in [6.45, 7) is 5.08. The lowest BCUT2D eigenvalue weighted by Gasteiger charge is -2.25. The number of carbonyl (C=O) groups is 2. The van der Waals surface area contributed by atoms with Crippen molar-refractivity contribution in [1.82, 2.24) is 5.32 Å². The molecule has 0 bridgehead atoms. The third kappa shape index (κ3) is 7.02. The van der Waals surface area contributed by atoms with Crippen LogP contribution in [0.1, 0.15) is 32.4 Å². The third-order valence-corrected chi connectivity index (χ3v) is 2.40. The van der Waals surface area contributed by atoms with E-state index < -0.39 is 29.8 Å². The quantitative estimate of drug-likeness (QED) is 0.714. The summed E-state index contributed by atoms with van der Waals surface area (Å²) >= 11 is 0. The second-order valence-corrected chi connectivity index (χ2v) is 5.32. The van der Waals surface area contributed by atoms with E-state index >= 15 is 0 Å². The predicted molar refractivity (Wildman–Crippen MR) is 79.4 cm³/mol. The Morgan fingerprint density at radius 3 is 2.05 bits per heavy atom. The Bertz CT molecular complexity index is 470. The highest BCUT2D eigenvalue weighted by molar-refractivity contribution is 5.75. The number of aliphatic hydroxyl groups excluding tert-OH is 1. The van der Waals surface area contributed by atoms with E-state index in [-0.39, 0.29) is 11.0 Å². The monoisotopic (exact) mass is 317 g/mol. The summed E-state index contributed by atoms with van der Waals surface area (Å²) in [6, 6.07) is 7.29. The van der Waals surface area contributed by atoms with Gasteiger partial charge < -0.3 is 31.2 Å². The van der Waals surface area contributed by atoms with Crippen molar-refractivity contribution in [3.05, 3.63) is 35.9 Å². The van der Waals surface area contributed by atoms with E-state index in [1.54, 1.807) is 51.1 Å². The van der Waals surface area contributed by atoms with Crippen LogP contribution < -0.4 is 5.32 Å². The molecule has 0 aliphatic rings. The molecule has 0 aromatic heterocycles. The van der Waals surface area contributed by atoms with Crippen molar-refractivity contribution >= 4 is 12.1 Å². The molecule has 0 aliphatic carbocycles. The molecule has 0 radical (unpaired) electrons. The molecule has 0 spiro atoms. The fourth-order valence-electron chi connectivity index (χ4n) is 1.58. The SMILES string of the molecule is CC(C)(C)OC(=O)N[C@@H](c1ccccc1)[C@@H](O)C(=O)O.O.O. The largest absolute Gasteiger partial charge is 0.479 e. The number of carbonyl (C=O) groups excluding carboxylic acids is 1. The predicted octanol–water partition coefficient (Wildman–Crippen LogP) is 0.0485. The molecule has 1 aromatic carbocycles. The Morgan fingerprint density at radius 2 is 1.64 bits per heavy atom. The first-order valence-electron chi connectivity index (χ1n) is 6.16. The van der Waals surface area contributed by atoms with Gasteiger partial charge in [-0.25, -0.2) is 9.59 Å². The van der Waals surface area contributed by atoms with Crippen LogP contribution in [0, 0.1) is 0 Å². The van der Waals surface area contributed by atoms with Gasteiger partial charge in [-0.15, -0.1) is 0 Å². The van der Waals surface area contributed by atoms with Crippen LogP contribution in [0.4, 0.5) is 4.79 Å². The van der Waals surface area contributed by atoms with Crippen LogP contribution in [0.5, 0.6) is 0 Å². The lowest BCUT2D eigenvalue weighted by molar-refractivity contribution is -0.148. The number of aliphatic carboxylic acids is 1. The van der Waals surface area contributed by atoms with Gasteiger partial charge in [-0.1, -0.05) is 30.3 Å². The molecule has 0 heterocycles. The summed E-state index contributed by atoms with van der Waals surface area (Å²) in [5.74, 6) is -1.42. The highest BCUT2D eigenvalue weighted by atomic mass is 16.6. The van der Waals surface area contributed by atoms with E-state index in [1.807, 2.05) is 0 Å². The molecule has 1 rings (SSSR count). The van der Waals surface area contributed by atoms with Crippen LogP contribution in [0.3, 0.4) is 0 Å². The zero-order chi connectivity index (χ0) is 15.3. The first-order valence-corrected chi connectivity index (χ1v) is 6.16. The van der Waals surface area contributed by atoms with Gasteiger partial charge in [0.05, 0.1) is 6.04 Å². The molecule has 22 heavy (non-hydrogen) atoms. The molecule has 2 atom stereocenters. The summed E-state index contributed by atoms with van der Waals surface area (Å²) in [4.78, 5) is 22.7. The number of rotatable bonds is 4. The summed E-state index contributed by atoms with van der Waals surface area (Å²) in [5, 5.41) is 21.0. The molecule has 0 unspecified atom stereocenters. The molecular formula is C14H23NO7. The molecule has 1 aromatic rings. The number of hydrogen-bond donors (Lipinski definition) is 3. The minimum absolute atomic E-state index is 0. The van der Waals surface area contributed by atoms with Crippen molar-refractivity contribution in [2.75, 3.05) is 0 Å². The van der Waals surface area contributed by atoms with E-state index in [0.29, 0.717) is 5.56 Å². The Labute approximate surface area is 128 Å². The summed E-state index contributed by atoms with van der Waals surface area (Å²) < 4.78 is 5.07. The molecule has 0 saturated heterocycles. The van der Waals surface area contributed by atoms with Crippen LogP contribution in [0.15, 0.2) is 30.3 Å². The first-order chi connectivity index (χ1) is 9.20. The molecular weight excluding hydrogens is 294 g/mol. The van der Waals surface area contributed by atoms with Crippen molar-refractivity contribution < 1.29 is 35.5 Å². The molecule has 7 N–H and O–H groups in total. The molecule has 0 saturated carbocycles. The lowest BCUT2D eigenvalue weighted by Crippen LogP contribution is -2.42. The second kappa shape index (κ2) is 8.98. The topological polar surface area (TPSA) is 159 Å². The number of amides is 1. The van der Waals surface area contributed by atoms with Crippen LogP contribution in [-0.4, -0.2) is 44.9 Å². The number of alkyl carbamates (subject to hydrolysis) is 1. The first kappa shape index (κ1) is 22.1. The average molecular weight is 317 g/mol. The zero-order valence-corrected chi connectivity index (χ0v) is 12.7. The number of hydrogen-bond acceptors (Lipinski definition) is 4. The maximum Gasteiger partial charge on any atom is 0.408 e. The van der Waals surface area contributed by atoms with Gasteiger partial charge in [-0.05, 0) is 26.3 Å². The Balaban J connectivity index is 0. The van der Waals surface area contributed by atoms with Crippen molar-refractivity contribution in [3.8, 4) is 0 Å². The van der Waals surface area contributed by atoms with Gasteiger partial charge in [0.2, 0.25) is 0 Å². The normalized spacial score (nSPS) is 12.9. The van der Waals surface area contributed by atoms with Gasteiger partial charge in [-0.3, -0.25) is 0 Å². The molecule has 8 nitrogen and oxygen atoms in total. The highest BCUT2D eigenvalue weighted by Crippen LogP contribution is 2.18. The van der Waals surface area contributed by atoms with E-state index in [4.69, 9.17) is 9.84 Å². The third-order valence-electron chi connectivity index (χ3n) is 2.40. The molecule has 126 valence electrons. The summed E-state index contributed by atoms with van der Waals surface area (Å²) in [7, 11) is 0. The number of ether oxygens (including phenoxy) is 1. The van der Waals surface area contributed by atoms with Gasteiger partial charge in [0.1, 0.15) is 5.60 Å². The Hall–Kier alpha value is -2.16. The Morgan fingerprint density at radius 1 is 1.14 bits per heavy atom. The standard InChI is InChI=1S/C14H19NO5.2H2O/c1-14(2,3)20-13(19)15-10(11(16)12(17)18)9-7-5-4-6-8-9;;/h4-8,10-11,16H,1-3H3,(H,15,19)(H,17,18);2*1H2/t10-,11+;;/m0../s1. The van der Waals surface area contributed by atoms with E-state index in [0.717, 1.165) is 0 Å². The van der Waals surface area contributed by atoms with E-state index in [2.05, 4.69) is 5.32 Å². The fraction of sp³-hybridized carbons (Fsp3) is 0.429. The lowest BCUT2D eigenvalue weighted by atomic mass is 10.0. The minimum Gasteiger partial charge on any atom is -0.479 e. The van der Waals surface area contributed by atoms with Gasteiger partial charge in [0.15, 0.2) is 6.10 Å². The number of aliphatic hydroxyl groups is 1. The average Bonchev–Trinajstić information content (AvgIpc) is 2.34. The van der Waals surface area contributed by atoms with Crippen molar-refractivity contribution in [2.24, 2.45) is 0 Å². The maximum absolute atomic E-state index is 11.7. The van der Waals surface area contributed by atoms with Crippen LogP contribution in [-0.2, 0) is 9.53 Å². The number of carboxylic acid groups (broad SMARTS) is 1. The summed E-state index contributed by atoms with van der Waals surface area (Å²) in [6.07, 6.45) is -2.54. The molecule has 1 amide bonds. The van der Waals surface area contributed by atoms with Gasteiger partial charge in [-0.2, -0.15) is 0 Å². The van der Waals surface area contributed by atoms with Crippen LogP contribution in [0.25, 0.3) is 0 Å². The highest BCUT2D eigenvalue weighted by Gasteiger charge is 2.30. The fourth-order valence-corrected chi connectivity index (χ4v) is 1.58. The number of benzene rings is 1. The summed E-state index contributed by atoms with van der Waals surface area (Å²) in [5.41, 5.74) is -0.229. The maximum atomic E-state index is 11.7. The zero-order valence-electron chi connectivity index (χ0n) is 12.7. The van der Waals surface area contributed by atoms with Crippen LogP contribution in [0.2, 0.25) is 0 Å². The second-order valence-electron chi connectivity index (χ2n) is 5.32. The van der Waals surface area contributed by atoms with Crippen molar-refractivity contribution in [2.45, 2.75) is 38.5 Å². The Kier molecular flexibility index (Phi) is 9.03. The minimum atomic E-state index is -1.76. The number of carboxylic acids is 1. The molecule has 8 heteroatoms. The van der Waals surface area contributed by atoms with Crippen molar-refractivity contribution in [3.63, 3.8) is 0 Å². The van der Waals surface area contributed by atoms with Gasteiger partial charge in [0, 0.05) is 0 Å². The van der Waals surface area contributed by atoms with Crippen molar-refractivity contribution in [1.29, 1.82) is 0 Å². The number of nitrogens with one attached hydrogen (secondary N) is 1. The molecule has 0 fully saturated rings. The van der Waals surface area contributed by atoms with Gasteiger partial charge in [0.25, 0.3) is 0 Å². The smallest absolute Gasteiger partial charge is 0.408 e.